The fourth-order valence-electron chi connectivity index (χ4n) is 8.83. The van der Waals surface area contributed by atoms with Crippen molar-refractivity contribution in [3.8, 4) is 40.4 Å². The van der Waals surface area contributed by atoms with Crippen LogP contribution in [-0.4, -0.2) is 17.5 Å². The van der Waals surface area contributed by atoms with E-state index in [9.17, 15) is 0 Å². The first kappa shape index (κ1) is 46.6. The van der Waals surface area contributed by atoms with Crippen molar-refractivity contribution >= 4 is 134 Å². The van der Waals surface area contributed by atoms with Crippen LogP contribution in [0.15, 0.2) is 56.1 Å². The zero-order valence-electron chi connectivity index (χ0n) is 36.2. The number of benzene rings is 2. The highest BCUT2D eigenvalue weighted by atomic mass is 79.9. The number of aromatic nitrogens is 4. The third-order valence-electron chi connectivity index (χ3n) is 12.2. The van der Waals surface area contributed by atoms with Gasteiger partial charge in [0.05, 0.1) is 31.0 Å². The number of aryl methyl sites for hydroxylation is 2. The Kier molecular flexibility index (Phi) is 17.7. The van der Waals surface area contributed by atoms with Gasteiger partial charge >= 0.3 is 0 Å². The van der Waals surface area contributed by atoms with Crippen LogP contribution in [0, 0.1) is 0 Å². The van der Waals surface area contributed by atoms with Crippen LogP contribution in [0.5, 0.6) is 0 Å². The summed E-state index contributed by atoms with van der Waals surface area (Å²) in [5.41, 5.74) is 9.02. The molecule has 8 aromatic rings. The molecule has 0 saturated carbocycles. The van der Waals surface area contributed by atoms with E-state index < -0.39 is 0 Å². The third-order valence-corrected chi connectivity index (χ3v) is 19.2. The maximum absolute atomic E-state index is 4.94. The summed E-state index contributed by atoms with van der Waals surface area (Å²) in [6.07, 6.45) is 29.5. The summed E-state index contributed by atoms with van der Waals surface area (Å²) in [7, 11) is 0. The molecular formula is C50H58Br2N4S6. The van der Waals surface area contributed by atoms with Crippen molar-refractivity contribution in [3.63, 3.8) is 0 Å². The fourth-order valence-corrected chi connectivity index (χ4v) is 15.7. The van der Waals surface area contributed by atoms with Crippen LogP contribution < -0.4 is 0 Å². The summed E-state index contributed by atoms with van der Waals surface area (Å²) in [6, 6.07) is 18.5. The fraction of sp³-hybridized carbons (Fsp3) is 0.480. The van der Waals surface area contributed by atoms with Crippen molar-refractivity contribution in [1.82, 2.24) is 17.5 Å². The van der Waals surface area contributed by atoms with Crippen LogP contribution in [-0.2, 0) is 12.8 Å². The number of unbranched alkanes of at least 4 members (excludes halogenated alkanes) is 18. The van der Waals surface area contributed by atoms with Gasteiger partial charge in [0, 0.05) is 51.2 Å². The number of halogens is 2. The van der Waals surface area contributed by atoms with Gasteiger partial charge in [-0.3, -0.25) is 0 Å². The molecule has 0 aliphatic heterocycles. The zero-order valence-corrected chi connectivity index (χ0v) is 44.2. The zero-order chi connectivity index (χ0) is 42.7. The monoisotopic (exact) mass is 1060 g/mol. The van der Waals surface area contributed by atoms with Gasteiger partial charge in [-0.1, -0.05) is 129 Å². The number of nitrogens with zero attached hydrogens (tertiary/aromatic N) is 4. The molecule has 4 nitrogen and oxygen atoms in total. The standard InChI is InChI=1S/C50H58Br2N4S6/c1-3-5-7-9-11-13-15-17-19-21-23-33-29-43(51)59-49(33)41-27-25-39(57-41)37-31-35-36(45-47(37)55-61-53-45)32-38(48-46(35)54-62-56-48)40-26-28-42(58-40)50-34(30-44(52)60-50)24-22-20-18-16-14-12-10-8-6-4-2/h25-32H,3-24H2,1-2H3. The average Bonchev–Trinajstić information content (AvgIpc) is 4.14. The van der Waals surface area contributed by atoms with E-state index in [2.05, 4.69) is 94.2 Å². The number of rotatable bonds is 26. The summed E-state index contributed by atoms with van der Waals surface area (Å²) in [5.74, 6) is 0. The molecule has 2 aromatic carbocycles. The first-order valence-corrected chi connectivity index (χ1v) is 29.5. The van der Waals surface area contributed by atoms with Crippen molar-refractivity contribution in [2.24, 2.45) is 0 Å². The summed E-state index contributed by atoms with van der Waals surface area (Å²) in [5, 5.41) is 2.20. The molecule has 328 valence electrons. The second-order valence-electron chi connectivity index (χ2n) is 16.9. The number of hydrogen-bond acceptors (Lipinski definition) is 10. The molecule has 0 aliphatic rings. The summed E-state index contributed by atoms with van der Waals surface area (Å²) in [4.78, 5) is 7.86. The van der Waals surface area contributed by atoms with E-state index in [4.69, 9.17) is 17.5 Å². The molecule has 8 rings (SSSR count). The predicted molar refractivity (Wildman–Crippen MR) is 286 cm³/mol. The Labute approximate surface area is 409 Å². The van der Waals surface area contributed by atoms with E-state index in [1.807, 2.05) is 45.3 Å². The molecule has 12 heteroatoms. The molecule has 6 aromatic heterocycles. The maximum Gasteiger partial charge on any atom is 0.114 e. The van der Waals surface area contributed by atoms with Crippen molar-refractivity contribution in [1.29, 1.82) is 0 Å². The Bertz CT molecular complexity index is 2460. The summed E-state index contributed by atoms with van der Waals surface area (Å²) >= 11 is 17.7. The van der Waals surface area contributed by atoms with E-state index in [-0.39, 0.29) is 0 Å². The lowest BCUT2D eigenvalue weighted by Gasteiger charge is -2.08. The number of fused-ring (bicyclic) bond motifs is 5. The molecule has 0 atom stereocenters. The van der Waals surface area contributed by atoms with Crippen LogP contribution in [0.1, 0.15) is 153 Å². The quantitative estimate of drug-likeness (QED) is 0.0507. The average molecular weight is 1070 g/mol. The molecule has 0 radical (unpaired) electrons. The molecule has 0 aliphatic carbocycles. The Morgan fingerprint density at radius 3 is 1.11 bits per heavy atom. The Morgan fingerprint density at radius 2 is 0.726 bits per heavy atom. The molecule has 0 saturated heterocycles. The largest absolute Gasteiger partial charge is 0.172 e. The lowest BCUT2D eigenvalue weighted by atomic mass is 9.98. The molecule has 62 heavy (non-hydrogen) atoms. The Balaban J connectivity index is 0.973. The Hall–Kier alpha value is -1.90. The van der Waals surface area contributed by atoms with Gasteiger partial charge in [-0.25, -0.2) is 0 Å². The van der Waals surface area contributed by atoms with E-state index in [0.29, 0.717) is 0 Å². The minimum Gasteiger partial charge on any atom is -0.172 e. The minimum atomic E-state index is 0.951. The molecule has 0 N–H and O–H groups in total. The van der Waals surface area contributed by atoms with Crippen molar-refractivity contribution in [3.05, 3.63) is 67.2 Å². The number of hydrogen-bond donors (Lipinski definition) is 0. The topological polar surface area (TPSA) is 51.6 Å². The molecule has 0 amide bonds. The van der Waals surface area contributed by atoms with Crippen molar-refractivity contribution < 1.29 is 0 Å². The SMILES string of the molecule is CCCCCCCCCCCCc1cc(Br)sc1-c1ccc(-c2cc3c(cc(-c4ccc(-c5sc(Br)cc5CCCCCCCCCCCC)s4)c4nsnc43)c3nsnc23)s1. The molecule has 6 heterocycles. The van der Waals surface area contributed by atoms with Gasteiger partial charge in [0.2, 0.25) is 0 Å². The van der Waals surface area contributed by atoms with E-state index >= 15 is 0 Å². The minimum absolute atomic E-state index is 0.951. The van der Waals surface area contributed by atoms with Crippen LogP contribution in [0.3, 0.4) is 0 Å². The van der Waals surface area contributed by atoms with Crippen LogP contribution in [0.25, 0.3) is 73.2 Å². The maximum atomic E-state index is 4.94. The molecule has 0 unspecified atom stereocenters. The van der Waals surface area contributed by atoms with Gasteiger partial charge in [-0.15, -0.1) is 45.3 Å². The highest BCUT2D eigenvalue weighted by Crippen LogP contribution is 2.48. The van der Waals surface area contributed by atoms with Crippen molar-refractivity contribution in [2.75, 3.05) is 0 Å². The van der Waals surface area contributed by atoms with E-state index in [1.165, 1.54) is 200 Å². The van der Waals surface area contributed by atoms with Crippen LogP contribution in [0.4, 0.5) is 0 Å². The van der Waals surface area contributed by atoms with E-state index in [1.54, 1.807) is 0 Å². The number of thiophene rings is 4. The predicted octanol–water partition coefficient (Wildman–Crippen LogP) is 20.2. The lowest BCUT2D eigenvalue weighted by Crippen LogP contribution is -1.87. The molecule has 0 spiro atoms. The second-order valence-corrected chi connectivity index (χ2v) is 25.0. The van der Waals surface area contributed by atoms with E-state index in [0.717, 1.165) is 56.8 Å². The smallest absolute Gasteiger partial charge is 0.114 e. The van der Waals surface area contributed by atoms with Gasteiger partial charge in [-0.2, -0.15) is 17.5 Å². The second kappa shape index (κ2) is 23.5. The highest BCUT2D eigenvalue weighted by molar-refractivity contribution is 9.11. The van der Waals surface area contributed by atoms with Gasteiger partial charge in [-0.05, 0) is 117 Å². The molecular weight excluding hydrogens is 1010 g/mol. The highest BCUT2D eigenvalue weighted by Gasteiger charge is 2.22. The first-order chi connectivity index (χ1) is 30.5. The van der Waals surface area contributed by atoms with Gasteiger partial charge in [0.15, 0.2) is 0 Å². The van der Waals surface area contributed by atoms with Gasteiger partial charge in [0.25, 0.3) is 0 Å². The molecule has 0 fully saturated rings. The molecule has 0 bridgehead atoms. The summed E-state index contributed by atoms with van der Waals surface area (Å²) in [6.45, 7) is 4.59. The van der Waals surface area contributed by atoms with Crippen LogP contribution in [0.2, 0.25) is 0 Å². The normalized spacial score (nSPS) is 12.0. The lowest BCUT2D eigenvalue weighted by molar-refractivity contribution is 0.556. The van der Waals surface area contributed by atoms with Crippen molar-refractivity contribution in [2.45, 2.75) is 155 Å². The summed E-state index contributed by atoms with van der Waals surface area (Å²) < 4.78 is 22.1. The third kappa shape index (κ3) is 11.5. The Morgan fingerprint density at radius 1 is 0.387 bits per heavy atom. The van der Waals surface area contributed by atoms with Gasteiger partial charge < -0.3 is 0 Å². The van der Waals surface area contributed by atoms with Gasteiger partial charge in [0.1, 0.15) is 22.1 Å². The van der Waals surface area contributed by atoms with Crippen LogP contribution >= 0.6 is 101 Å². The first-order valence-electron chi connectivity index (χ1n) is 23.1.